The highest BCUT2D eigenvalue weighted by Gasteiger charge is 2.06. The highest BCUT2D eigenvalue weighted by atomic mass is 16.4. The zero-order valence-corrected chi connectivity index (χ0v) is 11.2. The lowest BCUT2D eigenvalue weighted by Gasteiger charge is -2.04. The van der Waals surface area contributed by atoms with Crippen molar-refractivity contribution in [2.75, 3.05) is 6.54 Å². The van der Waals surface area contributed by atoms with Crippen molar-refractivity contribution in [2.45, 2.75) is 18.9 Å². The molecular formula is C14H20N2O4. The van der Waals surface area contributed by atoms with Crippen LogP contribution in [0.3, 0.4) is 0 Å². The van der Waals surface area contributed by atoms with Crippen molar-refractivity contribution in [3.63, 3.8) is 0 Å². The molecule has 6 N–H and O–H groups in total. The maximum Gasteiger partial charge on any atom is 0.335 e. The van der Waals surface area contributed by atoms with Gasteiger partial charge in [0.2, 0.25) is 0 Å². The van der Waals surface area contributed by atoms with Crippen molar-refractivity contribution in [2.24, 2.45) is 11.5 Å². The molecule has 1 rings (SSSR count). The predicted octanol–water partition coefficient (Wildman–Crippen LogP) is 1.32. The van der Waals surface area contributed by atoms with E-state index >= 15 is 0 Å². The molecule has 0 aliphatic rings. The Bertz CT molecular complexity index is 431. The second-order valence-corrected chi connectivity index (χ2v) is 4.05. The summed E-state index contributed by atoms with van der Waals surface area (Å²) in [4.78, 5) is 20.8. The third-order valence-corrected chi connectivity index (χ3v) is 2.36. The van der Waals surface area contributed by atoms with Gasteiger partial charge in [-0.1, -0.05) is 12.1 Å². The Balaban J connectivity index is 0.000000396. The van der Waals surface area contributed by atoms with Crippen molar-refractivity contribution < 1.29 is 19.8 Å². The molecule has 1 unspecified atom stereocenters. The van der Waals surface area contributed by atoms with Crippen molar-refractivity contribution in [3.8, 4) is 0 Å². The molecule has 0 saturated carbocycles. The highest BCUT2D eigenvalue weighted by molar-refractivity contribution is 5.93. The molecule has 110 valence electrons. The average Bonchev–Trinajstić information content (AvgIpc) is 2.40. The molecule has 0 amide bonds. The first-order valence-electron chi connectivity index (χ1n) is 6.05. The normalized spacial score (nSPS) is 10.9. The molecule has 0 fully saturated rings. The molecule has 1 aromatic carbocycles. The standard InChI is InChI=1S/C8H6O4.C6H14N2/c9-7(10)5-2-1-3-6(4-5)8(11)12;1-2-3-6(8)4-5-7/h1-4H,(H,9,10)(H,11,12);2,6H,1,3-5,7-8H2. The van der Waals surface area contributed by atoms with Crippen LogP contribution in [0.25, 0.3) is 0 Å². The summed E-state index contributed by atoms with van der Waals surface area (Å²) >= 11 is 0. The summed E-state index contributed by atoms with van der Waals surface area (Å²) in [6, 6.07) is 5.42. The minimum atomic E-state index is -1.13. The predicted molar refractivity (Wildman–Crippen MR) is 76.8 cm³/mol. The third kappa shape index (κ3) is 7.30. The zero-order chi connectivity index (χ0) is 15.5. The van der Waals surface area contributed by atoms with E-state index in [0.29, 0.717) is 6.54 Å². The summed E-state index contributed by atoms with van der Waals surface area (Å²) in [6.45, 7) is 4.24. The van der Waals surface area contributed by atoms with Crippen molar-refractivity contribution in [3.05, 3.63) is 48.0 Å². The third-order valence-electron chi connectivity index (χ3n) is 2.36. The maximum absolute atomic E-state index is 10.4. The maximum atomic E-state index is 10.4. The Morgan fingerprint density at radius 2 is 1.75 bits per heavy atom. The molecule has 0 aromatic heterocycles. The Hall–Kier alpha value is -2.18. The summed E-state index contributed by atoms with van der Waals surface area (Å²) in [7, 11) is 0. The monoisotopic (exact) mass is 280 g/mol. The molecule has 6 nitrogen and oxygen atoms in total. The molecule has 0 aliphatic carbocycles. The molecule has 0 saturated heterocycles. The van der Waals surface area contributed by atoms with Crippen LogP contribution in [0.1, 0.15) is 33.6 Å². The van der Waals surface area contributed by atoms with Gasteiger partial charge in [-0.05, 0) is 37.6 Å². The number of carboxylic acids is 2. The first kappa shape index (κ1) is 17.8. The summed E-state index contributed by atoms with van der Waals surface area (Å²) in [5.41, 5.74) is 10.8. The van der Waals surface area contributed by atoms with E-state index in [0.717, 1.165) is 18.9 Å². The summed E-state index contributed by atoms with van der Waals surface area (Å²) in [5, 5.41) is 17.0. The fraction of sp³-hybridized carbons (Fsp3) is 0.286. The van der Waals surface area contributed by atoms with Gasteiger partial charge in [0, 0.05) is 6.04 Å². The van der Waals surface area contributed by atoms with Crippen LogP contribution < -0.4 is 11.5 Å². The molecule has 20 heavy (non-hydrogen) atoms. The molecule has 6 heteroatoms. The average molecular weight is 280 g/mol. The lowest BCUT2D eigenvalue weighted by molar-refractivity contribution is 0.0696. The number of carbonyl (C=O) groups is 2. The summed E-state index contributed by atoms with van der Waals surface area (Å²) in [5.74, 6) is -2.25. The van der Waals surface area contributed by atoms with E-state index in [1.54, 1.807) is 0 Å². The highest BCUT2D eigenvalue weighted by Crippen LogP contribution is 2.04. The first-order valence-corrected chi connectivity index (χ1v) is 6.05. The number of rotatable bonds is 6. The largest absolute Gasteiger partial charge is 0.478 e. The fourth-order valence-corrected chi connectivity index (χ4v) is 1.33. The van der Waals surface area contributed by atoms with Gasteiger partial charge in [-0.25, -0.2) is 9.59 Å². The van der Waals surface area contributed by atoms with Gasteiger partial charge in [-0.15, -0.1) is 6.58 Å². The van der Waals surface area contributed by atoms with E-state index in [4.69, 9.17) is 21.7 Å². The van der Waals surface area contributed by atoms with Crippen LogP contribution in [-0.2, 0) is 0 Å². The number of carboxylic acid groups (broad SMARTS) is 2. The molecule has 0 bridgehead atoms. The number of benzene rings is 1. The van der Waals surface area contributed by atoms with Crippen molar-refractivity contribution in [1.82, 2.24) is 0 Å². The second-order valence-electron chi connectivity index (χ2n) is 4.05. The molecular weight excluding hydrogens is 260 g/mol. The van der Waals surface area contributed by atoms with E-state index in [-0.39, 0.29) is 17.2 Å². The van der Waals surface area contributed by atoms with Crippen LogP contribution in [-0.4, -0.2) is 34.7 Å². The van der Waals surface area contributed by atoms with Crippen LogP contribution in [0.2, 0.25) is 0 Å². The minimum Gasteiger partial charge on any atom is -0.478 e. The van der Waals surface area contributed by atoms with Gasteiger partial charge < -0.3 is 21.7 Å². The summed E-state index contributed by atoms with van der Waals surface area (Å²) < 4.78 is 0. The Morgan fingerprint density at radius 1 is 1.25 bits per heavy atom. The van der Waals surface area contributed by atoms with E-state index in [2.05, 4.69) is 6.58 Å². The zero-order valence-electron chi connectivity index (χ0n) is 11.2. The van der Waals surface area contributed by atoms with E-state index < -0.39 is 11.9 Å². The fourth-order valence-electron chi connectivity index (χ4n) is 1.33. The Labute approximate surface area is 117 Å². The van der Waals surface area contributed by atoms with Gasteiger partial charge >= 0.3 is 11.9 Å². The molecule has 1 atom stereocenters. The van der Waals surface area contributed by atoms with Gasteiger partial charge in [0.1, 0.15) is 0 Å². The minimum absolute atomic E-state index is 0.0186. The van der Waals surface area contributed by atoms with E-state index in [9.17, 15) is 9.59 Å². The Kier molecular flexibility index (Phi) is 8.65. The number of hydrogen-bond donors (Lipinski definition) is 4. The van der Waals surface area contributed by atoms with Gasteiger partial charge in [-0.3, -0.25) is 0 Å². The topological polar surface area (TPSA) is 127 Å². The number of hydrogen-bond acceptors (Lipinski definition) is 4. The molecule has 1 aromatic rings. The van der Waals surface area contributed by atoms with Crippen LogP contribution in [0, 0.1) is 0 Å². The van der Waals surface area contributed by atoms with Gasteiger partial charge in [-0.2, -0.15) is 0 Å². The number of aromatic carboxylic acids is 2. The van der Waals surface area contributed by atoms with Gasteiger partial charge in [0.05, 0.1) is 11.1 Å². The molecule has 0 heterocycles. The van der Waals surface area contributed by atoms with Crippen molar-refractivity contribution in [1.29, 1.82) is 0 Å². The van der Waals surface area contributed by atoms with Crippen LogP contribution >= 0.6 is 0 Å². The lowest BCUT2D eigenvalue weighted by Crippen LogP contribution is -2.22. The number of nitrogens with two attached hydrogens (primary N) is 2. The summed E-state index contributed by atoms with van der Waals surface area (Å²) in [6.07, 6.45) is 3.59. The van der Waals surface area contributed by atoms with Crippen LogP contribution in [0.5, 0.6) is 0 Å². The lowest BCUT2D eigenvalue weighted by atomic mass is 10.1. The van der Waals surface area contributed by atoms with Crippen molar-refractivity contribution >= 4 is 11.9 Å². The first-order chi connectivity index (χ1) is 9.42. The van der Waals surface area contributed by atoms with Gasteiger partial charge in [0.25, 0.3) is 0 Å². The van der Waals surface area contributed by atoms with Crippen LogP contribution in [0.4, 0.5) is 0 Å². The molecule has 0 radical (unpaired) electrons. The molecule has 0 spiro atoms. The van der Waals surface area contributed by atoms with E-state index in [1.165, 1.54) is 18.2 Å². The van der Waals surface area contributed by atoms with Gasteiger partial charge in [0.15, 0.2) is 0 Å². The van der Waals surface area contributed by atoms with Crippen LogP contribution in [0.15, 0.2) is 36.9 Å². The SMILES string of the molecule is C=CCC(N)CCN.O=C(O)c1cccc(C(=O)O)c1. The smallest absolute Gasteiger partial charge is 0.335 e. The molecule has 0 aliphatic heterocycles. The quantitative estimate of drug-likeness (QED) is 0.582. The Morgan fingerprint density at radius 3 is 2.10 bits per heavy atom. The van der Waals surface area contributed by atoms with E-state index in [1.807, 2.05) is 6.08 Å². The second kappa shape index (κ2) is 9.71.